The number of halogens is 2. The molecule has 0 saturated carbocycles. The van der Waals surface area contributed by atoms with Gasteiger partial charge in [-0.05, 0) is 19.8 Å². The van der Waals surface area contributed by atoms with Crippen molar-refractivity contribution in [1.29, 1.82) is 0 Å². The summed E-state index contributed by atoms with van der Waals surface area (Å²) >= 11 is 11.8. The van der Waals surface area contributed by atoms with Crippen molar-refractivity contribution in [1.82, 2.24) is 0 Å². The summed E-state index contributed by atoms with van der Waals surface area (Å²) in [6, 6.07) is 0. The highest BCUT2D eigenvalue weighted by Crippen LogP contribution is 2.43. The zero-order valence-electron chi connectivity index (χ0n) is 9.37. The van der Waals surface area contributed by atoms with Gasteiger partial charge in [-0.2, -0.15) is 0 Å². The maximum absolute atomic E-state index is 9.81. The minimum atomic E-state index is -0.146. The van der Waals surface area contributed by atoms with Crippen molar-refractivity contribution in [3.8, 4) is 11.5 Å². The summed E-state index contributed by atoms with van der Waals surface area (Å²) in [4.78, 5) is 0. The summed E-state index contributed by atoms with van der Waals surface area (Å²) in [5.41, 5.74) is 0.638. The number of unbranched alkanes of at least 4 members (excludes halogenated alkanes) is 1. The third kappa shape index (κ3) is 3.06. The first-order valence-electron chi connectivity index (χ1n) is 5.17. The van der Waals surface area contributed by atoms with Gasteiger partial charge in [-0.3, -0.25) is 0 Å². The normalized spacial score (nSPS) is 11.3. The molecule has 0 spiro atoms. The molecule has 0 aliphatic carbocycles. The van der Waals surface area contributed by atoms with Crippen LogP contribution in [0.3, 0.4) is 0 Å². The molecule has 0 fully saturated rings. The summed E-state index contributed by atoms with van der Waals surface area (Å²) in [6.07, 6.45) is 4.61. The molecule has 5 heteroatoms. The second-order valence-corrected chi connectivity index (χ2v) is 4.39. The van der Waals surface area contributed by atoms with Crippen molar-refractivity contribution in [2.75, 3.05) is 6.61 Å². The smallest absolute Gasteiger partial charge is 0.143 e. The lowest BCUT2D eigenvalue weighted by Crippen LogP contribution is -1.86. The Labute approximate surface area is 110 Å². The highest BCUT2D eigenvalue weighted by atomic mass is 35.5. The Hall–Kier alpha value is -0.900. The Balaban J connectivity index is 3.12. The van der Waals surface area contributed by atoms with Crippen LogP contribution in [0.4, 0.5) is 0 Å². The van der Waals surface area contributed by atoms with E-state index >= 15 is 0 Å². The number of phenolic OH excluding ortho intramolecular Hbond substituents is 2. The molecule has 1 aromatic rings. The fourth-order valence-electron chi connectivity index (χ4n) is 1.36. The third-order valence-corrected chi connectivity index (χ3v) is 3.25. The van der Waals surface area contributed by atoms with E-state index in [1.165, 1.54) is 0 Å². The molecule has 0 atom stereocenters. The maximum atomic E-state index is 9.81. The fraction of sp³-hybridized carbons (Fsp3) is 0.333. The predicted octanol–water partition coefficient (Wildman–Crippen LogP) is 3.50. The highest BCUT2D eigenvalue weighted by Gasteiger charge is 2.17. The number of aromatic hydroxyl groups is 2. The molecule has 1 rings (SSSR count). The number of benzene rings is 1. The molecular weight excluding hydrogens is 263 g/mol. The van der Waals surface area contributed by atoms with Crippen molar-refractivity contribution in [2.45, 2.75) is 19.8 Å². The van der Waals surface area contributed by atoms with Crippen molar-refractivity contribution >= 4 is 29.3 Å². The van der Waals surface area contributed by atoms with Gasteiger partial charge in [0, 0.05) is 17.7 Å². The summed E-state index contributed by atoms with van der Waals surface area (Å²) in [5, 5.41) is 28.3. The zero-order chi connectivity index (χ0) is 13.0. The lowest BCUT2D eigenvalue weighted by atomic mass is 10.1. The predicted molar refractivity (Wildman–Crippen MR) is 69.9 cm³/mol. The molecule has 94 valence electrons. The van der Waals surface area contributed by atoms with Gasteiger partial charge in [-0.1, -0.05) is 35.4 Å². The van der Waals surface area contributed by atoms with Crippen LogP contribution in [0, 0.1) is 6.92 Å². The summed E-state index contributed by atoms with van der Waals surface area (Å²) in [6.45, 7) is 1.67. The number of hydrogen-bond acceptors (Lipinski definition) is 3. The van der Waals surface area contributed by atoms with Gasteiger partial charge in [0.05, 0.1) is 10.0 Å². The van der Waals surface area contributed by atoms with Gasteiger partial charge in [0.1, 0.15) is 11.5 Å². The monoisotopic (exact) mass is 276 g/mol. The average molecular weight is 277 g/mol. The Morgan fingerprint density at radius 2 is 1.76 bits per heavy atom. The van der Waals surface area contributed by atoms with Crippen LogP contribution in [0.2, 0.25) is 10.0 Å². The van der Waals surface area contributed by atoms with Gasteiger partial charge in [-0.15, -0.1) is 0 Å². The quantitative estimate of drug-likeness (QED) is 0.583. The minimum Gasteiger partial charge on any atom is -0.506 e. The first-order valence-corrected chi connectivity index (χ1v) is 5.93. The van der Waals surface area contributed by atoms with Crippen LogP contribution in [-0.2, 0) is 0 Å². The van der Waals surface area contributed by atoms with Crippen LogP contribution in [0.15, 0.2) is 6.08 Å². The van der Waals surface area contributed by atoms with Crippen molar-refractivity contribution < 1.29 is 15.3 Å². The molecular formula is C12H14Cl2O3. The van der Waals surface area contributed by atoms with Gasteiger partial charge in [0.2, 0.25) is 0 Å². The van der Waals surface area contributed by atoms with E-state index < -0.39 is 0 Å². The van der Waals surface area contributed by atoms with Crippen LogP contribution in [0.5, 0.6) is 11.5 Å². The zero-order valence-corrected chi connectivity index (χ0v) is 10.9. The molecule has 0 saturated heterocycles. The largest absolute Gasteiger partial charge is 0.506 e. The van der Waals surface area contributed by atoms with Crippen molar-refractivity contribution in [3.05, 3.63) is 27.2 Å². The van der Waals surface area contributed by atoms with Gasteiger partial charge < -0.3 is 15.3 Å². The molecule has 0 bridgehead atoms. The average Bonchev–Trinajstić information content (AvgIpc) is 2.33. The second-order valence-electron chi connectivity index (χ2n) is 3.63. The van der Waals surface area contributed by atoms with Crippen LogP contribution < -0.4 is 0 Å². The minimum absolute atomic E-state index is 0.0737. The van der Waals surface area contributed by atoms with E-state index in [-0.39, 0.29) is 33.7 Å². The summed E-state index contributed by atoms with van der Waals surface area (Å²) < 4.78 is 0. The second kappa shape index (κ2) is 6.15. The van der Waals surface area contributed by atoms with Gasteiger partial charge >= 0.3 is 0 Å². The molecule has 0 aliphatic heterocycles. The van der Waals surface area contributed by atoms with E-state index in [9.17, 15) is 10.2 Å². The number of phenols is 2. The molecule has 3 N–H and O–H groups in total. The Morgan fingerprint density at radius 3 is 2.35 bits per heavy atom. The van der Waals surface area contributed by atoms with Gasteiger partial charge in [-0.25, -0.2) is 0 Å². The number of rotatable bonds is 4. The van der Waals surface area contributed by atoms with E-state index in [1.54, 1.807) is 19.1 Å². The van der Waals surface area contributed by atoms with E-state index in [2.05, 4.69) is 0 Å². The molecule has 0 heterocycles. The number of aliphatic hydroxyl groups is 1. The van der Waals surface area contributed by atoms with Crippen molar-refractivity contribution in [3.63, 3.8) is 0 Å². The first kappa shape index (κ1) is 14.2. The first-order chi connectivity index (χ1) is 8.00. The highest BCUT2D eigenvalue weighted by molar-refractivity contribution is 6.37. The third-order valence-electron chi connectivity index (χ3n) is 2.41. The molecule has 0 unspecified atom stereocenters. The molecule has 0 radical (unpaired) electrons. The number of aliphatic hydroxyl groups excluding tert-OH is 1. The lowest BCUT2D eigenvalue weighted by molar-refractivity contribution is 0.290. The van der Waals surface area contributed by atoms with E-state index in [0.717, 1.165) is 0 Å². The molecule has 17 heavy (non-hydrogen) atoms. The Bertz CT molecular complexity index is 413. The van der Waals surface area contributed by atoms with Crippen LogP contribution in [0.25, 0.3) is 6.08 Å². The Kier molecular flexibility index (Phi) is 5.12. The van der Waals surface area contributed by atoms with E-state index in [4.69, 9.17) is 28.3 Å². The maximum Gasteiger partial charge on any atom is 0.143 e. The van der Waals surface area contributed by atoms with Crippen molar-refractivity contribution in [2.24, 2.45) is 0 Å². The lowest BCUT2D eigenvalue weighted by Gasteiger charge is -2.10. The number of allylic oxidation sites excluding steroid dienone is 1. The standard InChI is InChI=1S/C12H14Cl2O3/c1-7-9(13)12(17)8(10(14)11(7)16)5-3-2-4-6-15/h3,5,15-17H,2,4,6H2,1H3/b5-3+. The Morgan fingerprint density at radius 1 is 1.12 bits per heavy atom. The molecule has 3 nitrogen and oxygen atoms in total. The molecule has 0 aromatic heterocycles. The molecule has 0 aliphatic rings. The van der Waals surface area contributed by atoms with Gasteiger partial charge in [0.25, 0.3) is 0 Å². The SMILES string of the molecule is Cc1c(O)c(Cl)c(/C=C/CCCO)c(O)c1Cl. The summed E-state index contributed by atoms with van der Waals surface area (Å²) in [7, 11) is 0. The summed E-state index contributed by atoms with van der Waals surface area (Å²) in [5.74, 6) is -0.275. The molecule has 1 aromatic carbocycles. The van der Waals surface area contributed by atoms with Gasteiger partial charge in [0.15, 0.2) is 0 Å². The van der Waals surface area contributed by atoms with E-state index in [0.29, 0.717) is 18.4 Å². The van der Waals surface area contributed by atoms with Crippen LogP contribution >= 0.6 is 23.2 Å². The number of hydrogen-bond donors (Lipinski definition) is 3. The van der Waals surface area contributed by atoms with Crippen LogP contribution in [0.1, 0.15) is 24.0 Å². The fourth-order valence-corrected chi connectivity index (χ4v) is 1.84. The molecule has 0 amide bonds. The topological polar surface area (TPSA) is 60.7 Å². The van der Waals surface area contributed by atoms with E-state index in [1.807, 2.05) is 0 Å². The van der Waals surface area contributed by atoms with Crippen LogP contribution in [-0.4, -0.2) is 21.9 Å².